The van der Waals surface area contributed by atoms with Crippen molar-refractivity contribution >= 4 is 23.0 Å². The van der Waals surface area contributed by atoms with Crippen LogP contribution in [0.5, 0.6) is 0 Å². The molecule has 0 bridgehead atoms. The lowest BCUT2D eigenvalue weighted by atomic mass is 9.79. The van der Waals surface area contributed by atoms with E-state index in [1.807, 2.05) is 0 Å². The lowest BCUT2D eigenvalue weighted by Crippen LogP contribution is -2.50. The summed E-state index contributed by atoms with van der Waals surface area (Å²) in [7, 11) is 2.49. The van der Waals surface area contributed by atoms with Crippen molar-refractivity contribution in [3.05, 3.63) is 0 Å². The summed E-state index contributed by atoms with van der Waals surface area (Å²) in [4.78, 5) is 0. The number of methoxy groups -OCH3 is 2. The second-order valence-corrected chi connectivity index (χ2v) is 6.25. The summed E-state index contributed by atoms with van der Waals surface area (Å²) >= 11 is 3.28. The third kappa shape index (κ3) is 12.1. The van der Waals surface area contributed by atoms with Crippen molar-refractivity contribution in [1.29, 1.82) is 0 Å². The van der Waals surface area contributed by atoms with Crippen LogP contribution in [0.15, 0.2) is 0 Å². The van der Waals surface area contributed by atoms with Gasteiger partial charge < -0.3 is 24.3 Å². The smallest absolute Gasteiger partial charge is 0.427 e. The molecule has 0 atom stereocenters. The van der Waals surface area contributed by atoms with Crippen molar-refractivity contribution in [1.82, 2.24) is 0 Å². The Balaban J connectivity index is 0. The first-order chi connectivity index (χ1) is 9.12. The molecule has 0 aromatic rings. The number of alkyl halides is 1. The number of hydrogen-bond acceptors (Lipinski definition) is 5. The Morgan fingerprint density at radius 3 is 1.80 bits per heavy atom. The van der Waals surface area contributed by atoms with E-state index in [-0.39, 0.29) is 0 Å². The Morgan fingerprint density at radius 2 is 1.50 bits per heavy atom. The van der Waals surface area contributed by atoms with Gasteiger partial charge in [0.05, 0.1) is 24.4 Å². The van der Waals surface area contributed by atoms with Gasteiger partial charge in [-0.3, -0.25) is 0 Å². The van der Waals surface area contributed by atoms with Crippen molar-refractivity contribution in [2.75, 3.05) is 32.8 Å². The number of rotatable bonds is 9. The lowest BCUT2D eigenvalue weighted by Gasteiger charge is -2.38. The van der Waals surface area contributed by atoms with Crippen LogP contribution in [0.1, 0.15) is 34.1 Å². The molecule has 0 aliphatic carbocycles. The van der Waals surface area contributed by atoms with Crippen molar-refractivity contribution in [3.63, 3.8) is 0 Å². The van der Waals surface area contributed by atoms with Gasteiger partial charge >= 0.3 is 7.12 Å². The summed E-state index contributed by atoms with van der Waals surface area (Å²) in [6, 6.07) is 0. The average Bonchev–Trinajstić information content (AvgIpc) is 2.32. The van der Waals surface area contributed by atoms with Gasteiger partial charge in [0, 0.05) is 19.5 Å². The molecule has 122 valence electrons. The number of aliphatic hydroxyl groups is 1. The molecule has 2 N–H and O–H groups in total. The molecule has 0 unspecified atom stereocenters. The predicted molar refractivity (Wildman–Crippen MR) is 86.4 cm³/mol. The van der Waals surface area contributed by atoms with Gasteiger partial charge in [-0.05, 0) is 40.4 Å². The van der Waals surface area contributed by atoms with Crippen LogP contribution in [0.3, 0.4) is 0 Å². The van der Waals surface area contributed by atoms with E-state index in [4.69, 9.17) is 4.65 Å². The fourth-order valence-corrected chi connectivity index (χ4v) is 1.29. The maximum absolute atomic E-state index is 9.77. The minimum absolute atomic E-state index is 0.574. The molecule has 0 amide bonds. The first-order valence-electron chi connectivity index (χ1n) is 6.74. The fourth-order valence-electron chi connectivity index (χ4n) is 0.962. The van der Waals surface area contributed by atoms with Crippen LogP contribution >= 0.6 is 15.9 Å². The molecule has 0 spiro atoms. The molecule has 0 rings (SSSR count). The molecule has 0 aliphatic rings. The third-order valence-corrected chi connectivity index (χ3v) is 3.54. The standard InChI is InChI=1S/C9H20BBrO3.C4H10O2/c1-8(2,12)9(3,4)14-10(13)6-5-7-11;1-5-3-4-6-2/h12-13H,5-7H2,1-4H3;3-4H2,1-2H3. The summed E-state index contributed by atoms with van der Waals surface area (Å²) in [6.07, 6.45) is 1.42. The minimum Gasteiger partial charge on any atom is -0.427 e. The maximum Gasteiger partial charge on any atom is 0.454 e. The van der Waals surface area contributed by atoms with E-state index in [0.717, 1.165) is 11.8 Å². The van der Waals surface area contributed by atoms with Crippen molar-refractivity contribution < 1.29 is 24.3 Å². The van der Waals surface area contributed by atoms with Gasteiger partial charge in [-0.1, -0.05) is 15.9 Å². The Labute approximate surface area is 132 Å². The van der Waals surface area contributed by atoms with Crippen molar-refractivity contribution in [3.8, 4) is 0 Å². The molecule has 7 heteroatoms. The summed E-state index contributed by atoms with van der Waals surface area (Å²) in [6.45, 7) is 8.26. The molecule has 20 heavy (non-hydrogen) atoms. The van der Waals surface area contributed by atoms with Gasteiger partial charge in [0.2, 0.25) is 0 Å². The number of halogens is 1. The molecule has 0 fully saturated rings. The van der Waals surface area contributed by atoms with Gasteiger partial charge in [-0.15, -0.1) is 0 Å². The van der Waals surface area contributed by atoms with Crippen LogP contribution in [0, 0.1) is 0 Å². The molecular weight excluding hydrogens is 327 g/mol. The number of hydrogen-bond donors (Lipinski definition) is 2. The van der Waals surface area contributed by atoms with Crippen molar-refractivity contribution in [2.24, 2.45) is 0 Å². The predicted octanol–water partition coefficient (Wildman–Crippen LogP) is 2.10. The Hall–Kier alpha value is 0.345. The molecule has 0 heterocycles. The van der Waals surface area contributed by atoms with Gasteiger partial charge in [0.25, 0.3) is 0 Å². The highest BCUT2D eigenvalue weighted by Gasteiger charge is 2.38. The van der Waals surface area contributed by atoms with Gasteiger partial charge in [-0.25, -0.2) is 0 Å². The summed E-state index contributed by atoms with van der Waals surface area (Å²) in [5, 5.41) is 20.1. The van der Waals surface area contributed by atoms with Gasteiger partial charge in [-0.2, -0.15) is 0 Å². The molecule has 0 aromatic carbocycles. The van der Waals surface area contributed by atoms with E-state index in [2.05, 4.69) is 25.4 Å². The highest BCUT2D eigenvalue weighted by Crippen LogP contribution is 2.26. The van der Waals surface area contributed by atoms with Gasteiger partial charge in [0.1, 0.15) is 0 Å². The first-order valence-corrected chi connectivity index (χ1v) is 7.86. The van der Waals surface area contributed by atoms with E-state index >= 15 is 0 Å². The van der Waals surface area contributed by atoms with E-state index in [0.29, 0.717) is 19.5 Å². The van der Waals surface area contributed by atoms with Crippen molar-refractivity contribution in [2.45, 2.75) is 51.6 Å². The lowest BCUT2D eigenvalue weighted by molar-refractivity contribution is -0.0999. The average molecular weight is 357 g/mol. The van der Waals surface area contributed by atoms with Crippen LogP contribution in [-0.2, 0) is 14.1 Å². The van der Waals surface area contributed by atoms with Crippen LogP contribution in [-0.4, -0.2) is 61.2 Å². The van der Waals surface area contributed by atoms with Crippen LogP contribution in [0.4, 0.5) is 0 Å². The molecule has 0 aliphatic heterocycles. The summed E-state index contributed by atoms with van der Waals surface area (Å²) < 4.78 is 14.7. The molecule has 0 aromatic heterocycles. The molecule has 0 saturated carbocycles. The second kappa shape index (κ2) is 11.9. The fraction of sp³-hybridized carbons (Fsp3) is 1.00. The normalized spacial score (nSPS) is 11.8. The SMILES string of the molecule is CC(C)(O)C(C)(C)OB(O)CCCBr.COCCOC. The summed E-state index contributed by atoms with van der Waals surface area (Å²) in [5.41, 5.74) is -1.72. The Morgan fingerprint density at radius 1 is 1.05 bits per heavy atom. The quantitative estimate of drug-likeness (QED) is 0.376. The molecule has 5 nitrogen and oxygen atoms in total. The molecular formula is C13H30BBrO5. The number of ether oxygens (including phenoxy) is 2. The monoisotopic (exact) mass is 356 g/mol. The second-order valence-electron chi connectivity index (χ2n) is 5.46. The molecule has 0 saturated heterocycles. The topological polar surface area (TPSA) is 68.2 Å². The van der Waals surface area contributed by atoms with E-state index in [1.165, 1.54) is 0 Å². The van der Waals surface area contributed by atoms with Crippen LogP contribution < -0.4 is 0 Å². The van der Waals surface area contributed by atoms with E-state index in [1.54, 1.807) is 41.9 Å². The van der Waals surface area contributed by atoms with Crippen LogP contribution in [0.25, 0.3) is 0 Å². The largest absolute Gasteiger partial charge is 0.454 e. The van der Waals surface area contributed by atoms with Crippen LogP contribution in [0.2, 0.25) is 6.32 Å². The Bertz CT molecular complexity index is 217. The molecule has 0 radical (unpaired) electrons. The Kier molecular flexibility index (Phi) is 13.5. The minimum atomic E-state index is -0.970. The first kappa shape index (κ1) is 22.6. The van der Waals surface area contributed by atoms with E-state index in [9.17, 15) is 10.1 Å². The highest BCUT2D eigenvalue weighted by atomic mass is 79.9. The summed E-state index contributed by atoms with van der Waals surface area (Å²) in [5.74, 6) is 0. The zero-order valence-corrected chi connectivity index (χ0v) is 15.2. The van der Waals surface area contributed by atoms with Gasteiger partial charge in [0.15, 0.2) is 0 Å². The highest BCUT2D eigenvalue weighted by molar-refractivity contribution is 9.09. The maximum atomic E-state index is 9.77. The zero-order chi connectivity index (χ0) is 16.2. The third-order valence-electron chi connectivity index (χ3n) is 2.98. The van der Waals surface area contributed by atoms with E-state index < -0.39 is 18.3 Å². The zero-order valence-electron chi connectivity index (χ0n) is 13.6.